The summed E-state index contributed by atoms with van der Waals surface area (Å²) in [6.45, 7) is 6.30. The number of carbonyl (C=O) groups excluding carboxylic acids is 2. The summed E-state index contributed by atoms with van der Waals surface area (Å²) in [6.07, 6.45) is 0. The van der Waals surface area contributed by atoms with Gasteiger partial charge in [-0.05, 0) is 32.9 Å². The van der Waals surface area contributed by atoms with E-state index < -0.39 is 11.7 Å². The van der Waals surface area contributed by atoms with Crippen molar-refractivity contribution < 1.29 is 18.5 Å². The van der Waals surface area contributed by atoms with Gasteiger partial charge in [-0.3, -0.25) is 9.59 Å². The van der Waals surface area contributed by atoms with Gasteiger partial charge in [-0.15, -0.1) is 0 Å². The van der Waals surface area contributed by atoms with Gasteiger partial charge < -0.3 is 14.3 Å². The van der Waals surface area contributed by atoms with E-state index in [9.17, 15) is 14.0 Å². The average Bonchev–Trinajstić information content (AvgIpc) is 2.96. The molecule has 0 aliphatic rings. The topological polar surface area (TPSA) is 66.7 Å². The zero-order valence-electron chi connectivity index (χ0n) is 15.2. The van der Waals surface area contributed by atoms with E-state index in [1.165, 1.54) is 30.1 Å². The molecule has 0 fully saturated rings. The third kappa shape index (κ3) is 3.88. The van der Waals surface area contributed by atoms with E-state index in [2.05, 4.69) is 5.16 Å². The molecule has 2 aromatic rings. The summed E-state index contributed by atoms with van der Waals surface area (Å²) in [4.78, 5) is 28.0. The molecule has 0 bridgehead atoms. The Bertz CT molecular complexity index is 798. The fraction of sp³-hybridized carbons (Fsp3) is 0.389. The SMILES string of the molecule is CCN(CC)C(=O)CN(C)C(=O)c1c(-c2c(F)cccc2Cl)noc1C. The first-order valence-electron chi connectivity index (χ1n) is 8.25. The van der Waals surface area contributed by atoms with Crippen molar-refractivity contribution in [2.45, 2.75) is 20.8 Å². The molecule has 0 atom stereocenters. The van der Waals surface area contributed by atoms with Gasteiger partial charge in [-0.1, -0.05) is 22.8 Å². The standard InChI is InChI=1S/C18H21ClFN3O3/c1-5-23(6-2)14(24)10-22(4)18(25)15-11(3)26-21-17(15)16-12(19)8-7-9-13(16)20/h7-9H,5-6,10H2,1-4H3. The minimum atomic E-state index is -0.610. The smallest absolute Gasteiger partial charge is 0.259 e. The average molecular weight is 382 g/mol. The number of hydrogen-bond donors (Lipinski definition) is 0. The van der Waals surface area contributed by atoms with Crippen molar-refractivity contribution in [2.24, 2.45) is 0 Å². The zero-order valence-corrected chi connectivity index (χ0v) is 15.9. The molecule has 0 saturated carbocycles. The van der Waals surface area contributed by atoms with E-state index in [-0.39, 0.29) is 40.1 Å². The molecule has 1 heterocycles. The van der Waals surface area contributed by atoms with Crippen LogP contribution in [0.15, 0.2) is 22.7 Å². The number of aryl methyl sites for hydroxylation is 1. The molecule has 0 radical (unpaired) electrons. The van der Waals surface area contributed by atoms with Crippen LogP contribution in [0.1, 0.15) is 30.0 Å². The second kappa shape index (κ2) is 8.31. The highest BCUT2D eigenvalue weighted by Gasteiger charge is 2.28. The molecule has 1 aromatic heterocycles. The summed E-state index contributed by atoms with van der Waals surface area (Å²) >= 11 is 6.09. The maximum atomic E-state index is 14.2. The van der Waals surface area contributed by atoms with Crippen molar-refractivity contribution in [3.05, 3.63) is 40.4 Å². The fourth-order valence-electron chi connectivity index (χ4n) is 2.66. The normalized spacial score (nSPS) is 10.7. The van der Waals surface area contributed by atoms with E-state index in [4.69, 9.17) is 16.1 Å². The van der Waals surface area contributed by atoms with Crippen LogP contribution in [-0.2, 0) is 4.79 Å². The van der Waals surface area contributed by atoms with Crippen LogP contribution in [0.4, 0.5) is 4.39 Å². The van der Waals surface area contributed by atoms with Gasteiger partial charge in [0.1, 0.15) is 22.8 Å². The molecule has 0 saturated heterocycles. The van der Waals surface area contributed by atoms with Crippen LogP contribution in [0.3, 0.4) is 0 Å². The largest absolute Gasteiger partial charge is 0.360 e. The monoisotopic (exact) mass is 381 g/mol. The van der Waals surface area contributed by atoms with E-state index >= 15 is 0 Å². The van der Waals surface area contributed by atoms with Crippen LogP contribution in [0, 0.1) is 12.7 Å². The van der Waals surface area contributed by atoms with Crippen molar-refractivity contribution in [1.82, 2.24) is 15.0 Å². The predicted molar refractivity (Wildman–Crippen MR) is 96.5 cm³/mol. The van der Waals surface area contributed by atoms with Gasteiger partial charge in [0.05, 0.1) is 17.1 Å². The summed E-state index contributed by atoms with van der Waals surface area (Å²) in [6, 6.07) is 4.20. The highest BCUT2D eigenvalue weighted by molar-refractivity contribution is 6.33. The number of carbonyl (C=O) groups is 2. The Morgan fingerprint density at radius 2 is 1.92 bits per heavy atom. The second-order valence-corrected chi connectivity index (χ2v) is 6.19. The number of benzene rings is 1. The number of amides is 2. The van der Waals surface area contributed by atoms with Crippen LogP contribution < -0.4 is 0 Å². The first kappa shape index (κ1) is 19.9. The van der Waals surface area contributed by atoms with Gasteiger partial charge in [0.25, 0.3) is 5.91 Å². The number of aromatic nitrogens is 1. The summed E-state index contributed by atoms with van der Waals surface area (Å²) in [5.74, 6) is -1.04. The summed E-state index contributed by atoms with van der Waals surface area (Å²) in [5.41, 5.74) is 0.113. The second-order valence-electron chi connectivity index (χ2n) is 5.79. The van der Waals surface area contributed by atoms with Crippen molar-refractivity contribution in [1.29, 1.82) is 0 Å². The Kier molecular flexibility index (Phi) is 6.37. The van der Waals surface area contributed by atoms with Crippen LogP contribution in [0.5, 0.6) is 0 Å². The number of rotatable bonds is 6. The molecule has 0 N–H and O–H groups in total. The van der Waals surface area contributed by atoms with Crippen LogP contribution in [0.2, 0.25) is 5.02 Å². The first-order valence-corrected chi connectivity index (χ1v) is 8.63. The van der Waals surface area contributed by atoms with Gasteiger partial charge >= 0.3 is 0 Å². The molecule has 8 heteroatoms. The lowest BCUT2D eigenvalue weighted by molar-refractivity contribution is -0.131. The summed E-state index contributed by atoms with van der Waals surface area (Å²) in [5, 5.41) is 3.94. The Labute approximate surface area is 156 Å². The molecule has 6 nitrogen and oxygen atoms in total. The fourth-order valence-corrected chi connectivity index (χ4v) is 2.91. The summed E-state index contributed by atoms with van der Waals surface area (Å²) < 4.78 is 19.4. The molecule has 2 amide bonds. The predicted octanol–water partition coefficient (Wildman–Crippen LogP) is 3.38. The minimum Gasteiger partial charge on any atom is -0.360 e. The van der Waals surface area contributed by atoms with E-state index in [1.54, 1.807) is 11.8 Å². The Hall–Kier alpha value is -2.41. The number of hydrogen-bond acceptors (Lipinski definition) is 4. The minimum absolute atomic E-state index is 0.00200. The Balaban J connectivity index is 2.36. The van der Waals surface area contributed by atoms with Gasteiger partial charge in [0.15, 0.2) is 0 Å². The maximum absolute atomic E-state index is 14.2. The number of likely N-dealkylation sites (N-methyl/N-ethyl adjacent to an activating group) is 2. The number of nitrogens with zero attached hydrogens (tertiary/aromatic N) is 3. The molecule has 1 aromatic carbocycles. The molecular weight excluding hydrogens is 361 g/mol. The zero-order chi connectivity index (χ0) is 19.4. The van der Waals surface area contributed by atoms with E-state index in [0.717, 1.165) is 0 Å². The number of halogens is 2. The van der Waals surface area contributed by atoms with Gasteiger partial charge in [-0.25, -0.2) is 4.39 Å². The third-order valence-corrected chi connectivity index (χ3v) is 4.43. The van der Waals surface area contributed by atoms with Gasteiger partial charge in [0.2, 0.25) is 5.91 Å². The van der Waals surface area contributed by atoms with Crippen molar-refractivity contribution >= 4 is 23.4 Å². The molecule has 0 unspecified atom stereocenters. The Morgan fingerprint density at radius 1 is 1.27 bits per heavy atom. The van der Waals surface area contributed by atoms with Crippen molar-refractivity contribution in [3.63, 3.8) is 0 Å². The highest BCUT2D eigenvalue weighted by atomic mass is 35.5. The lowest BCUT2D eigenvalue weighted by atomic mass is 10.0. The molecule has 26 heavy (non-hydrogen) atoms. The highest BCUT2D eigenvalue weighted by Crippen LogP contribution is 2.33. The molecule has 2 rings (SSSR count). The van der Waals surface area contributed by atoms with Crippen molar-refractivity contribution in [2.75, 3.05) is 26.7 Å². The van der Waals surface area contributed by atoms with Gasteiger partial charge in [-0.2, -0.15) is 0 Å². The van der Waals surface area contributed by atoms with Gasteiger partial charge in [0, 0.05) is 20.1 Å². The van der Waals surface area contributed by atoms with Crippen LogP contribution in [0.25, 0.3) is 11.3 Å². The molecule has 0 aliphatic heterocycles. The van der Waals surface area contributed by atoms with Crippen LogP contribution in [-0.4, -0.2) is 53.5 Å². The van der Waals surface area contributed by atoms with E-state index in [1.807, 2.05) is 13.8 Å². The Morgan fingerprint density at radius 3 is 2.50 bits per heavy atom. The maximum Gasteiger partial charge on any atom is 0.259 e. The lowest BCUT2D eigenvalue weighted by Crippen LogP contribution is -2.41. The van der Waals surface area contributed by atoms with Crippen molar-refractivity contribution in [3.8, 4) is 11.3 Å². The third-order valence-electron chi connectivity index (χ3n) is 4.11. The lowest BCUT2D eigenvalue weighted by Gasteiger charge is -2.23. The van der Waals surface area contributed by atoms with E-state index in [0.29, 0.717) is 13.1 Å². The summed E-state index contributed by atoms with van der Waals surface area (Å²) in [7, 11) is 1.50. The molecule has 140 valence electrons. The molecule has 0 aliphatic carbocycles. The quantitative estimate of drug-likeness (QED) is 0.769. The first-order chi connectivity index (χ1) is 12.3. The van der Waals surface area contributed by atoms with Crippen LogP contribution >= 0.6 is 11.6 Å². The molecular formula is C18H21ClFN3O3. The molecule has 0 spiro atoms.